The predicted molar refractivity (Wildman–Crippen MR) is 366 cm³/mol. The van der Waals surface area contributed by atoms with Crippen molar-refractivity contribution >= 4 is 111 Å². The van der Waals surface area contributed by atoms with Gasteiger partial charge in [0.05, 0.1) is 17.2 Å². The van der Waals surface area contributed by atoms with E-state index in [9.17, 15) is 24.3 Å². The number of amides is 1. The summed E-state index contributed by atoms with van der Waals surface area (Å²) < 4.78 is 14.8. The van der Waals surface area contributed by atoms with Crippen molar-refractivity contribution in [2.24, 2.45) is 0 Å². The molecule has 1 saturated heterocycles. The molecule has 16 heteroatoms. The first-order chi connectivity index (χ1) is 42.8. The lowest BCUT2D eigenvalue weighted by Crippen LogP contribution is -2.48. The van der Waals surface area contributed by atoms with Gasteiger partial charge in [0.15, 0.2) is 0 Å². The van der Waals surface area contributed by atoms with Crippen LogP contribution in [0.25, 0.3) is 65.9 Å². The van der Waals surface area contributed by atoms with Crippen LogP contribution in [0.4, 0.5) is 0 Å². The Labute approximate surface area is 540 Å². The van der Waals surface area contributed by atoms with E-state index in [-0.39, 0.29) is 11.7 Å². The maximum atomic E-state index is 13.2. The van der Waals surface area contributed by atoms with E-state index in [0.717, 1.165) is 80.7 Å². The van der Waals surface area contributed by atoms with Crippen LogP contribution in [-0.4, -0.2) is 89.0 Å². The fourth-order valence-corrected chi connectivity index (χ4v) is 12.2. The highest BCUT2D eigenvalue weighted by molar-refractivity contribution is 9.10. The summed E-state index contributed by atoms with van der Waals surface area (Å²) >= 11 is 13.3. The van der Waals surface area contributed by atoms with Crippen LogP contribution >= 0.6 is 43.5 Å². The number of aliphatic hydroxyl groups excluding tert-OH is 1. The quantitative estimate of drug-likeness (QED) is 0.0549. The molecule has 11 aromatic rings. The smallest absolute Gasteiger partial charge is 0.377 e. The fourth-order valence-electron chi connectivity index (χ4n) is 11.2. The number of benzene rings is 7. The van der Waals surface area contributed by atoms with Crippen molar-refractivity contribution in [3.8, 4) is 28.0 Å². The Kier molecular flexibility index (Phi) is 20.6. The van der Waals surface area contributed by atoms with E-state index >= 15 is 0 Å². The Bertz CT molecular complexity index is 4300. The number of rotatable bonds is 16. The molecule has 1 aliphatic carbocycles. The van der Waals surface area contributed by atoms with Crippen molar-refractivity contribution < 1.29 is 34.1 Å². The first-order valence-corrected chi connectivity index (χ1v) is 32.1. The van der Waals surface area contributed by atoms with Crippen LogP contribution in [0.5, 0.6) is 5.75 Å². The van der Waals surface area contributed by atoms with E-state index in [0.29, 0.717) is 46.6 Å². The summed E-state index contributed by atoms with van der Waals surface area (Å²) in [6.07, 6.45) is 11.6. The molecule has 2 fully saturated rings. The van der Waals surface area contributed by atoms with E-state index in [4.69, 9.17) is 21.4 Å². The molecular formula is C73H73Br2ClN6O7. The van der Waals surface area contributed by atoms with Crippen molar-refractivity contribution in [3.63, 3.8) is 0 Å². The van der Waals surface area contributed by atoms with Gasteiger partial charge in [-0.25, -0.2) is 4.79 Å². The number of fused-ring (bicyclic) bond motifs is 4. The number of carbonyl (C=O) groups is 4. The summed E-state index contributed by atoms with van der Waals surface area (Å²) in [7, 11) is 0. The maximum absolute atomic E-state index is 13.2. The molecule has 0 bridgehead atoms. The molecule has 4 aromatic heterocycles. The van der Waals surface area contributed by atoms with Gasteiger partial charge in [-0.3, -0.25) is 14.4 Å². The number of nitrogens with zero attached hydrogens (tertiary/aromatic N) is 4. The van der Waals surface area contributed by atoms with Gasteiger partial charge in [0, 0.05) is 113 Å². The van der Waals surface area contributed by atoms with Crippen molar-refractivity contribution in [1.82, 2.24) is 28.9 Å². The van der Waals surface area contributed by atoms with Crippen LogP contribution in [0.1, 0.15) is 118 Å². The molecule has 5 heterocycles. The second-order valence-corrected chi connectivity index (χ2v) is 25.8. The Balaban J connectivity index is 0.000000156. The van der Waals surface area contributed by atoms with Gasteiger partial charge in [-0.1, -0.05) is 110 Å². The normalized spacial score (nSPS) is 13.9. The number of aromatic amines is 1. The molecule has 13 rings (SSSR count). The molecule has 0 radical (unpaired) electrons. The molecule has 13 nitrogen and oxygen atoms in total. The van der Waals surface area contributed by atoms with Crippen molar-refractivity contribution in [3.05, 3.63) is 219 Å². The number of H-pyrrole nitrogens is 1. The highest BCUT2D eigenvalue weighted by Crippen LogP contribution is 2.35. The highest BCUT2D eigenvalue weighted by atomic mass is 79.9. The summed E-state index contributed by atoms with van der Waals surface area (Å²) in [5, 5.41) is 28.2. The number of halogens is 3. The van der Waals surface area contributed by atoms with Crippen LogP contribution in [-0.2, 0) is 9.59 Å². The standard InChI is InChI=1S/C35H38ClN3O4.C19H17NO3.C11H12BrN.C8H6BrN/c1-22(2)39-18-15-26-19-25(9-13-31(26)39)23-5-7-24(8-6-23)34(41)35(42)37-30(21-38-16-3-4-17-38)33(40)27-10-14-32(29(36)20-27)43-28-11-12-28;1-12(2)20-10-9-16-11-15(7-8-17(16)20)13-3-5-14(6-4-13)18(21)19(22)23;1-8(2)13-6-5-9-7-10(12)3-4-11(9)13;9-7-1-2-8-6(5-7)3-4-10-8/h5-10,13-15,18-20,22,28,30,33,40H,3-4,11-12,16-17,21H2,1-2H3,(H,37,42);3-12H,1-2H3,(H,22,23);3-8H,1-2H3;1-5,10H/t30-,33-;;;/m1.../s1. The molecule has 0 unspecified atom stereocenters. The minimum atomic E-state index is -1.44. The molecule has 4 N–H and O–H groups in total. The topological polar surface area (TPSA) is 164 Å². The number of Topliss-reactive ketones (excluding diaryl/α,β-unsaturated/α-hetero) is 2. The number of ether oxygens (including phenoxy) is 1. The first kappa shape index (κ1) is 64.0. The third-order valence-corrected chi connectivity index (χ3v) is 17.4. The third-order valence-electron chi connectivity index (χ3n) is 16.1. The number of ketones is 2. The molecular weight excluding hydrogens is 1270 g/mol. The number of carboxylic acid groups (broad SMARTS) is 1. The summed E-state index contributed by atoms with van der Waals surface area (Å²) in [6, 6.07) is 53.1. The second-order valence-electron chi connectivity index (χ2n) is 23.6. The van der Waals surface area contributed by atoms with Gasteiger partial charge in [0.1, 0.15) is 11.9 Å². The second kappa shape index (κ2) is 28.6. The zero-order valence-corrected chi connectivity index (χ0v) is 54.6. The lowest BCUT2D eigenvalue weighted by atomic mass is 9.99. The van der Waals surface area contributed by atoms with E-state index in [2.05, 4.69) is 206 Å². The SMILES string of the molecule is Brc1ccc2[nH]ccc2c1.CC(C)n1ccc2cc(-c3ccc(C(=O)C(=O)N[C@H](CN4CCCC4)[C@H](O)c4ccc(OC5CC5)c(Cl)c4)cc3)ccc21.CC(C)n1ccc2cc(-c3ccc(C(=O)C(=O)O)cc3)ccc21.CC(C)n1ccc2cc(Br)ccc21. The highest BCUT2D eigenvalue weighted by Gasteiger charge is 2.31. The minimum absolute atomic E-state index is 0.188. The number of aromatic nitrogens is 4. The van der Waals surface area contributed by atoms with Gasteiger partial charge in [0.2, 0.25) is 5.78 Å². The summed E-state index contributed by atoms with van der Waals surface area (Å²) in [6.45, 7) is 15.2. The van der Waals surface area contributed by atoms with Gasteiger partial charge in [-0.05, 0) is 205 Å². The van der Waals surface area contributed by atoms with Crippen molar-refractivity contribution in [1.29, 1.82) is 0 Å². The molecule has 1 saturated carbocycles. The number of carbonyl (C=O) groups excluding carboxylic acids is 3. The van der Waals surface area contributed by atoms with E-state index in [1.54, 1.807) is 54.6 Å². The van der Waals surface area contributed by atoms with Gasteiger partial charge < -0.3 is 43.9 Å². The van der Waals surface area contributed by atoms with E-state index in [1.807, 2.05) is 30.5 Å². The molecule has 0 spiro atoms. The first-order valence-electron chi connectivity index (χ1n) is 30.2. The largest absolute Gasteiger partial charge is 0.489 e. The summed E-state index contributed by atoms with van der Waals surface area (Å²) in [4.78, 5) is 53.9. The van der Waals surface area contributed by atoms with E-state index in [1.165, 1.54) is 32.8 Å². The number of aliphatic hydroxyl groups is 1. The average Bonchev–Trinajstić information content (AvgIpc) is 2.05. The Morgan fingerprint density at radius 3 is 1.54 bits per heavy atom. The molecule has 1 aliphatic heterocycles. The predicted octanol–water partition coefficient (Wildman–Crippen LogP) is 17.7. The van der Waals surface area contributed by atoms with Gasteiger partial charge in [-0.2, -0.15) is 0 Å². The minimum Gasteiger partial charge on any atom is -0.489 e. The van der Waals surface area contributed by atoms with Crippen LogP contribution in [0.15, 0.2) is 198 Å². The molecule has 458 valence electrons. The third kappa shape index (κ3) is 15.7. The van der Waals surface area contributed by atoms with Crippen LogP contribution < -0.4 is 10.1 Å². The number of likely N-dealkylation sites (tertiary alicyclic amines) is 1. The zero-order valence-electron chi connectivity index (χ0n) is 50.7. The summed E-state index contributed by atoms with van der Waals surface area (Å²) in [5.74, 6) is -3.11. The lowest BCUT2D eigenvalue weighted by molar-refractivity contribution is -0.131. The Hall–Kier alpha value is -8.05. The molecule has 2 atom stereocenters. The number of carboxylic acids is 1. The van der Waals surface area contributed by atoms with Crippen molar-refractivity contribution in [2.75, 3.05) is 19.6 Å². The molecule has 7 aromatic carbocycles. The van der Waals surface area contributed by atoms with Gasteiger partial charge in [0.25, 0.3) is 11.7 Å². The molecule has 1 amide bonds. The van der Waals surface area contributed by atoms with Crippen LogP contribution in [0, 0.1) is 0 Å². The average molecular weight is 1340 g/mol. The maximum Gasteiger partial charge on any atom is 0.377 e. The summed E-state index contributed by atoms with van der Waals surface area (Å²) in [5.41, 5.74) is 9.89. The number of hydrogen-bond donors (Lipinski definition) is 4. The lowest BCUT2D eigenvalue weighted by Gasteiger charge is -2.28. The number of nitrogens with one attached hydrogen (secondary N) is 2. The van der Waals surface area contributed by atoms with Crippen LogP contribution in [0.3, 0.4) is 0 Å². The molecule has 89 heavy (non-hydrogen) atoms. The zero-order chi connectivity index (χ0) is 63.0. The number of hydrogen-bond acceptors (Lipinski definition) is 7. The van der Waals surface area contributed by atoms with Crippen molar-refractivity contribution in [2.45, 2.75) is 104 Å². The fraction of sp³-hybridized carbons (Fsp3) is 0.260. The van der Waals surface area contributed by atoms with Crippen LogP contribution in [0.2, 0.25) is 5.02 Å². The van der Waals surface area contributed by atoms with E-state index < -0.39 is 35.6 Å². The monoisotopic (exact) mass is 1340 g/mol. The van der Waals surface area contributed by atoms with Gasteiger partial charge in [-0.15, -0.1) is 0 Å². The Morgan fingerprint density at radius 1 is 0.573 bits per heavy atom. The molecule has 2 aliphatic rings. The number of aliphatic carboxylic acids is 1. The Morgan fingerprint density at radius 2 is 1.04 bits per heavy atom. The van der Waals surface area contributed by atoms with Gasteiger partial charge >= 0.3 is 5.97 Å².